The van der Waals surface area contributed by atoms with Gasteiger partial charge in [-0.25, -0.2) is 0 Å². The van der Waals surface area contributed by atoms with Gasteiger partial charge in [0.2, 0.25) is 0 Å². The van der Waals surface area contributed by atoms with E-state index >= 15 is 0 Å². The van der Waals surface area contributed by atoms with Crippen molar-refractivity contribution in [3.63, 3.8) is 0 Å². The van der Waals surface area contributed by atoms with Crippen molar-refractivity contribution >= 4 is 0 Å². The van der Waals surface area contributed by atoms with Crippen LogP contribution in [0.2, 0.25) is 0 Å². The summed E-state index contributed by atoms with van der Waals surface area (Å²) >= 11 is 0. The van der Waals surface area contributed by atoms with Crippen molar-refractivity contribution in [3.05, 3.63) is 18.0 Å². The van der Waals surface area contributed by atoms with Crippen molar-refractivity contribution in [1.82, 2.24) is 15.5 Å². The van der Waals surface area contributed by atoms with Gasteiger partial charge >= 0.3 is 0 Å². The number of rotatable bonds is 3. The van der Waals surface area contributed by atoms with Crippen LogP contribution in [-0.2, 0) is 11.2 Å². The minimum absolute atomic E-state index is 0.00648. The maximum Gasteiger partial charge on any atom is 0.0980 e. The zero-order chi connectivity index (χ0) is 8.44. The molecule has 1 aliphatic rings. The molecule has 0 radical (unpaired) electrons. The Bertz CT molecular complexity index is 235. The fraction of sp³-hybridized carbons (Fsp3) is 0.625. The molecule has 0 amide bonds. The molecule has 2 N–H and O–H groups in total. The van der Waals surface area contributed by atoms with Gasteiger partial charge in [-0.15, -0.1) is 0 Å². The van der Waals surface area contributed by atoms with Crippen molar-refractivity contribution in [1.29, 1.82) is 0 Å². The standard InChI is InChI=1S/C8H13N3O/c1-12-8(5-9-6-8)4-7-2-3-10-11-7/h2-3,9H,4-6H2,1H3,(H,10,11). The lowest BCUT2D eigenvalue weighted by molar-refractivity contribution is -0.0508. The molecule has 0 spiro atoms. The Hall–Kier alpha value is -0.870. The number of nitrogens with zero attached hydrogens (tertiary/aromatic N) is 1. The van der Waals surface area contributed by atoms with Crippen molar-refractivity contribution in [2.45, 2.75) is 12.0 Å². The van der Waals surface area contributed by atoms with Gasteiger partial charge in [0.15, 0.2) is 0 Å². The molecule has 0 bridgehead atoms. The van der Waals surface area contributed by atoms with Crippen molar-refractivity contribution in [2.75, 3.05) is 20.2 Å². The first-order chi connectivity index (χ1) is 5.85. The summed E-state index contributed by atoms with van der Waals surface area (Å²) in [5, 5.41) is 10.0. The molecule has 4 heteroatoms. The van der Waals surface area contributed by atoms with Gasteiger partial charge < -0.3 is 10.1 Å². The van der Waals surface area contributed by atoms with E-state index in [2.05, 4.69) is 15.5 Å². The number of nitrogens with one attached hydrogen (secondary N) is 2. The SMILES string of the molecule is COC1(Cc2ccn[nH]2)CNC1. The molecular weight excluding hydrogens is 154 g/mol. The summed E-state index contributed by atoms with van der Waals surface area (Å²) in [6.45, 7) is 1.87. The molecule has 1 fully saturated rings. The molecule has 1 aromatic heterocycles. The van der Waals surface area contributed by atoms with E-state index < -0.39 is 0 Å². The second-order valence-electron chi connectivity index (χ2n) is 3.25. The molecule has 1 aromatic rings. The predicted molar refractivity (Wildman–Crippen MR) is 44.9 cm³/mol. The first-order valence-electron chi connectivity index (χ1n) is 4.09. The summed E-state index contributed by atoms with van der Waals surface area (Å²) in [6.07, 6.45) is 2.68. The van der Waals surface area contributed by atoms with Crippen molar-refractivity contribution < 1.29 is 4.74 Å². The van der Waals surface area contributed by atoms with Crippen LogP contribution in [0.1, 0.15) is 5.69 Å². The third-order valence-corrected chi connectivity index (χ3v) is 2.40. The normalized spacial score (nSPS) is 20.4. The molecule has 12 heavy (non-hydrogen) atoms. The number of ether oxygens (including phenoxy) is 1. The van der Waals surface area contributed by atoms with Crippen molar-refractivity contribution in [3.8, 4) is 0 Å². The molecule has 0 atom stereocenters. The molecule has 2 rings (SSSR count). The minimum Gasteiger partial charge on any atom is -0.375 e. The van der Waals surface area contributed by atoms with Crippen LogP contribution in [-0.4, -0.2) is 36.0 Å². The van der Waals surface area contributed by atoms with E-state index in [1.807, 2.05) is 6.07 Å². The molecule has 0 aromatic carbocycles. The number of aromatic nitrogens is 2. The predicted octanol–water partition coefficient (Wildman–Crippen LogP) is -0.0594. The van der Waals surface area contributed by atoms with Crippen LogP contribution in [0, 0.1) is 0 Å². The highest BCUT2D eigenvalue weighted by atomic mass is 16.5. The first kappa shape index (κ1) is 7.76. The highest BCUT2D eigenvalue weighted by Gasteiger charge is 2.37. The van der Waals surface area contributed by atoms with Gasteiger partial charge in [-0.05, 0) is 6.07 Å². The lowest BCUT2D eigenvalue weighted by Crippen LogP contribution is -2.61. The quantitative estimate of drug-likeness (QED) is 0.663. The van der Waals surface area contributed by atoms with Crippen LogP contribution >= 0.6 is 0 Å². The van der Waals surface area contributed by atoms with E-state index in [9.17, 15) is 0 Å². The lowest BCUT2D eigenvalue weighted by Gasteiger charge is -2.41. The third kappa shape index (κ3) is 1.23. The van der Waals surface area contributed by atoms with Crippen LogP contribution in [0.15, 0.2) is 12.3 Å². The smallest absolute Gasteiger partial charge is 0.0980 e. The van der Waals surface area contributed by atoms with Gasteiger partial charge in [-0.1, -0.05) is 0 Å². The number of H-pyrrole nitrogens is 1. The molecular formula is C8H13N3O. The second-order valence-corrected chi connectivity index (χ2v) is 3.25. The monoisotopic (exact) mass is 167 g/mol. The van der Waals surface area contributed by atoms with E-state index in [4.69, 9.17) is 4.74 Å². The lowest BCUT2D eigenvalue weighted by atomic mass is 9.91. The number of methoxy groups -OCH3 is 1. The van der Waals surface area contributed by atoms with E-state index in [1.54, 1.807) is 13.3 Å². The second kappa shape index (κ2) is 2.88. The summed E-state index contributed by atoms with van der Waals surface area (Å²) in [6, 6.07) is 1.99. The summed E-state index contributed by atoms with van der Waals surface area (Å²) in [4.78, 5) is 0. The maximum absolute atomic E-state index is 5.44. The number of hydrogen-bond donors (Lipinski definition) is 2. The summed E-state index contributed by atoms with van der Waals surface area (Å²) in [5.41, 5.74) is 1.14. The largest absolute Gasteiger partial charge is 0.375 e. The summed E-state index contributed by atoms with van der Waals surface area (Å²) in [5.74, 6) is 0. The highest BCUT2D eigenvalue weighted by molar-refractivity contribution is 5.08. The Balaban J connectivity index is 2.01. The Morgan fingerprint density at radius 3 is 2.92 bits per heavy atom. The highest BCUT2D eigenvalue weighted by Crippen LogP contribution is 2.20. The van der Waals surface area contributed by atoms with Crippen LogP contribution < -0.4 is 5.32 Å². The van der Waals surface area contributed by atoms with Crippen LogP contribution in [0.3, 0.4) is 0 Å². The Labute approximate surface area is 71.3 Å². The van der Waals surface area contributed by atoms with Crippen molar-refractivity contribution in [2.24, 2.45) is 0 Å². The summed E-state index contributed by atoms with van der Waals surface area (Å²) < 4.78 is 5.44. The van der Waals surface area contributed by atoms with E-state index in [-0.39, 0.29) is 5.60 Å². The average molecular weight is 167 g/mol. The van der Waals surface area contributed by atoms with Gasteiger partial charge in [-0.3, -0.25) is 5.10 Å². The Morgan fingerprint density at radius 2 is 2.50 bits per heavy atom. The average Bonchev–Trinajstić information content (AvgIpc) is 2.49. The van der Waals surface area contributed by atoms with Gasteiger partial charge in [0, 0.05) is 38.5 Å². The molecule has 1 saturated heterocycles. The fourth-order valence-corrected chi connectivity index (χ4v) is 1.48. The number of aromatic amines is 1. The molecule has 0 saturated carbocycles. The maximum atomic E-state index is 5.44. The third-order valence-electron chi connectivity index (χ3n) is 2.40. The fourth-order valence-electron chi connectivity index (χ4n) is 1.48. The van der Waals surface area contributed by atoms with Gasteiger partial charge in [0.05, 0.1) is 5.60 Å². The zero-order valence-electron chi connectivity index (χ0n) is 7.13. The van der Waals surface area contributed by atoms with E-state index in [1.165, 1.54) is 0 Å². The molecule has 4 nitrogen and oxygen atoms in total. The topological polar surface area (TPSA) is 49.9 Å². The van der Waals surface area contributed by atoms with E-state index in [0.29, 0.717) is 0 Å². The first-order valence-corrected chi connectivity index (χ1v) is 4.09. The van der Waals surface area contributed by atoms with Crippen LogP contribution in [0.25, 0.3) is 0 Å². The minimum atomic E-state index is 0.00648. The van der Waals surface area contributed by atoms with Crippen LogP contribution in [0.5, 0.6) is 0 Å². The molecule has 1 aliphatic heterocycles. The molecule has 0 aliphatic carbocycles. The van der Waals surface area contributed by atoms with E-state index in [0.717, 1.165) is 25.2 Å². The molecule has 66 valence electrons. The van der Waals surface area contributed by atoms with Crippen LogP contribution in [0.4, 0.5) is 0 Å². The zero-order valence-corrected chi connectivity index (χ0v) is 7.13. The molecule has 2 heterocycles. The van der Waals surface area contributed by atoms with Gasteiger partial charge in [0.25, 0.3) is 0 Å². The Kier molecular flexibility index (Phi) is 1.86. The number of hydrogen-bond acceptors (Lipinski definition) is 3. The Morgan fingerprint density at radius 1 is 1.67 bits per heavy atom. The summed E-state index contributed by atoms with van der Waals surface area (Å²) in [7, 11) is 1.76. The molecule has 0 unspecified atom stereocenters. The van der Waals surface area contributed by atoms with Gasteiger partial charge in [-0.2, -0.15) is 5.10 Å². The van der Waals surface area contributed by atoms with Gasteiger partial charge in [0.1, 0.15) is 0 Å².